The van der Waals surface area contributed by atoms with Gasteiger partial charge < -0.3 is 10.6 Å². The molecule has 144 valence electrons. The highest BCUT2D eigenvalue weighted by atomic mass is 19.1. The van der Waals surface area contributed by atoms with E-state index in [0.29, 0.717) is 11.3 Å². The highest BCUT2D eigenvalue weighted by molar-refractivity contribution is 6.10. The first kappa shape index (κ1) is 19.0. The van der Waals surface area contributed by atoms with Gasteiger partial charge in [-0.1, -0.05) is 0 Å². The molecule has 1 fully saturated rings. The molecule has 1 atom stereocenters. The first-order valence-corrected chi connectivity index (χ1v) is 8.15. The molecule has 10 heteroatoms. The van der Waals surface area contributed by atoms with Crippen molar-refractivity contribution < 1.29 is 23.7 Å². The second kappa shape index (κ2) is 7.06. The lowest BCUT2D eigenvalue weighted by Crippen LogP contribution is -2.42. The third-order valence-electron chi connectivity index (χ3n) is 4.36. The Morgan fingerprint density at radius 1 is 1.18 bits per heavy atom. The van der Waals surface area contributed by atoms with Crippen LogP contribution in [-0.2, 0) is 15.1 Å². The van der Waals surface area contributed by atoms with Gasteiger partial charge in [-0.3, -0.25) is 24.6 Å². The van der Waals surface area contributed by atoms with E-state index in [-0.39, 0.29) is 5.69 Å². The summed E-state index contributed by atoms with van der Waals surface area (Å²) in [5, 5.41) is 15.7. The van der Waals surface area contributed by atoms with Crippen LogP contribution in [0.4, 0.5) is 20.6 Å². The number of nitrogens with zero attached hydrogens (tertiary/aromatic N) is 2. The fourth-order valence-corrected chi connectivity index (χ4v) is 2.83. The number of non-ortho nitro benzene ring substituents is 1. The van der Waals surface area contributed by atoms with Crippen molar-refractivity contribution in [3.8, 4) is 0 Å². The average molecular weight is 386 g/mol. The molecule has 0 saturated carbocycles. The number of urea groups is 1. The van der Waals surface area contributed by atoms with Crippen molar-refractivity contribution in [3.63, 3.8) is 0 Å². The third kappa shape index (κ3) is 3.52. The zero-order valence-electron chi connectivity index (χ0n) is 14.6. The highest BCUT2D eigenvalue weighted by Gasteiger charge is 2.49. The van der Waals surface area contributed by atoms with E-state index in [1.54, 1.807) is 0 Å². The van der Waals surface area contributed by atoms with Crippen LogP contribution in [0.3, 0.4) is 0 Å². The molecule has 0 aromatic heterocycles. The van der Waals surface area contributed by atoms with Crippen molar-refractivity contribution in [1.82, 2.24) is 10.2 Å². The van der Waals surface area contributed by atoms with Crippen molar-refractivity contribution in [3.05, 3.63) is 70.0 Å². The van der Waals surface area contributed by atoms with Gasteiger partial charge in [0.15, 0.2) is 0 Å². The second-order valence-electron chi connectivity index (χ2n) is 6.31. The van der Waals surface area contributed by atoms with E-state index in [9.17, 15) is 28.9 Å². The predicted molar refractivity (Wildman–Crippen MR) is 95.7 cm³/mol. The van der Waals surface area contributed by atoms with Crippen LogP contribution < -0.4 is 10.6 Å². The monoisotopic (exact) mass is 386 g/mol. The zero-order chi connectivity index (χ0) is 20.5. The number of hydrogen-bond acceptors (Lipinski definition) is 5. The molecule has 1 aliphatic rings. The first-order chi connectivity index (χ1) is 13.2. The van der Waals surface area contributed by atoms with Crippen molar-refractivity contribution >= 4 is 29.2 Å². The van der Waals surface area contributed by atoms with Gasteiger partial charge in [-0.25, -0.2) is 9.18 Å². The van der Waals surface area contributed by atoms with E-state index in [0.717, 1.165) is 17.0 Å². The first-order valence-electron chi connectivity index (χ1n) is 8.15. The summed E-state index contributed by atoms with van der Waals surface area (Å²) in [4.78, 5) is 48.1. The van der Waals surface area contributed by atoms with Crippen LogP contribution in [0.2, 0.25) is 0 Å². The van der Waals surface area contributed by atoms with Crippen LogP contribution in [-0.4, -0.2) is 34.2 Å². The van der Waals surface area contributed by atoms with Gasteiger partial charge in [0.25, 0.3) is 11.6 Å². The summed E-state index contributed by atoms with van der Waals surface area (Å²) in [6, 6.07) is 9.45. The summed E-state index contributed by atoms with van der Waals surface area (Å²) in [5.41, 5.74) is -0.948. The Labute approximate surface area is 158 Å². The number of carbonyl (C=O) groups excluding carboxylic acids is 3. The Morgan fingerprint density at radius 3 is 2.36 bits per heavy atom. The normalized spacial score (nSPS) is 18.7. The molecule has 1 aliphatic heterocycles. The van der Waals surface area contributed by atoms with Crippen LogP contribution in [0.1, 0.15) is 12.5 Å². The van der Waals surface area contributed by atoms with Crippen molar-refractivity contribution in [2.24, 2.45) is 0 Å². The maximum absolute atomic E-state index is 12.9. The van der Waals surface area contributed by atoms with E-state index in [4.69, 9.17) is 0 Å². The fourth-order valence-electron chi connectivity index (χ4n) is 2.83. The Balaban J connectivity index is 1.74. The molecule has 1 heterocycles. The lowest BCUT2D eigenvalue weighted by Gasteiger charge is -2.22. The van der Waals surface area contributed by atoms with E-state index >= 15 is 0 Å². The van der Waals surface area contributed by atoms with Gasteiger partial charge in [0, 0.05) is 17.8 Å². The molecule has 3 rings (SSSR count). The minimum Gasteiger partial charge on any atom is -0.325 e. The lowest BCUT2D eigenvalue weighted by atomic mass is 9.92. The zero-order valence-corrected chi connectivity index (χ0v) is 14.6. The molecule has 0 bridgehead atoms. The second-order valence-corrected chi connectivity index (χ2v) is 6.31. The van der Waals surface area contributed by atoms with Crippen molar-refractivity contribution in [2.75, 3.05) is 11.9 Å². The number of carbonyl (C=O) groups is 3. The highest BCUT2D eigenvalue weighted by Crippen LogP contribution is 2.30. The quantitative estimate of drug-likeness (QED) is 0.463. The molecule has 2 N–H and O–H groups in total. The van der Waals surface area contributed by atoms with Gasteiger partial charge in [0.1, 0.15) is 17.9 Å². The Morgan fingerprint density at radius 2 is 1.79 bits per heavy atom. The van der Waals surface area contributed by atoms with E-state index in [2.05, 4.69) is 10.6 Å². The minimum atomic E-state index is -1.46. The molecule has 9 nitrogen and oxygen atoms in total. The minimum absolute atomic E-state index is 0.153. The number of halogens is 1. The smallest absolute Gasteiger partial charge is 0.325 e. The van der Waals surface area contributed by atoms with Crippen LogP contribution in [0.25, 0.3) is 0 Å². The number of hydrogen-bond donors (Lipinski definition) is 2. The van der Waals surface area contributed by atoms with E-state index in [1.165, 1.54) is 43.3 Å². The molecule has 28 heavy (non-hydrogen) atoms. The Bertz CT molecular complexity index is 961. The summed E-state index contributed by atoms with van der Waals surface area (Å²) in [6.45, 7) is 0.914. The number of imide groups is 1. The molecular formula is C18H15FN4O5. The molecule has 0 spiro atoms. The van der Waals surface area contributed by atoms with Crippen LogP contribution in [0.15, 0.2) is 48.5 Å². The van der Waals surface area contributed by atoms with Crippen LogP contribution in [0, 0.1) is 15.9 Å². The number of anilines is 1. The van der Waals surface area contributed by atoms with Crippen molar-refractivity contribution in [2.45, 2.75) is 12.5 Å². The largest absolute Gasteiger partial charge is 0.325 e. The van der Waals surface area contributed by atoms with Crippen LogP contribution >= 0.6 is 0 Å². The molecule has 4 amide bonds. The molecule has 2 aromatic rings. The standard InChI is InChI=1S/C18H15FN4O5/c1-18(11-2-8-14(9-3-11)23(27)28)16(25)22(17(26)21-18)10-15(24)20-13-6-4-12(19)5-7-13/h2-9H,10H2,1H3,(H,20,24)(H,21,26)/t18-/m1/s1. The number of rotatable bonds is 5. The number of benzene rings is 2. The molecule has 1 saturated heterocycles. The predicted octanol–water partition coefficient (Wildman–Crippen LogP) is 2.14. The van der Waals surface area contributed by atoms with Crippen LogP contribution in [0.5, 0.6) is 0 Å². The molecule has 0 aliphatic carbocycles. The van der Waals surface area contributed by atoms with E-state index < -0.39 is 40.7 Å². The maximum Gasteiger partial charge on any atom is 0.325 e. The summed E-state index contributed by atoms with van der Waals surface area (Å²) < 4.78 is 12.9. The van der Waals surface area contributed by atoms with E-state index in [1.807, 2.05) is 0 Å². The SMILES string of the molecule is C[C@]1(c2ccc([N+](=O)[O-])cc2)NC(=O)N(CC(=O)Nc2ccc(F)cc2)C1=O. The molecule has 2 aromatic carbocycles. The number of nitro groups is 1. The summed E-state index contributed by atoms with van der Waals surface area (Å²) in [5.74, 6) is -1.77. The Hall–Kier alpha value is -3.82. The summed E-state index contributed by atoms with van der Waals surface area (Å²) >= 11 is 0. The summed E-state index contributed by atoms with van der Waals surface area (Å²) in [6.07, 6.45) is 0. The molecule has 0 radical (unpaired) electrons. The Kier molecular flexibility index (Phi) is 4.78. The van der Waals surface area contributed by atoms with Gasteiger partial charge in [0.05, 0.1) is 4.92 Å². The topological polar surface area (TPSA) is 122 Å². The van der Waals surface area contributed by atoms with Gasteiger partial charge in [0.2, 0.25) is 5.91 Å². The molecular weight excluding hydrogens is 371 g/mol. The lowest BCUT2D eigenvalue weighted by molar-refractivity contribution is -0.384. The number of amides is 4. The van der Waals surface area contributed by atoms with Gasteiger partial charge in [-0.05, 0) is 48.9 Å². The third-order valence-corrected chi connectivity index (χ3v) is 4.36. The number of nitro benzene ring substituents is 1. The fraction of sp³-hybridized carbons (Fsp3) is 0.167. The maximum atomic E-state index is 12.9. The number of nitrogens with one attached hydrogen (secondary N) is 2. The molecule has 0 unspecified atom stereocenters. The van der Waals surface area contributed by atoms with Gasteiger partial charge in [-0.2, -0.15) is 0 Å². The van der Waals surface area contributed by atoms with Crippen molar-refractivity contribution in [1.29, 1.82) is 0 Å². The summed E-state index contributed by atoms with van der Waals surface area (Å²) in [7, 11) is 0. The average Bonchev–Trinajstić information content (AvgIpc) is 2.88. The van der Waals surface area contributed by atoms with Gasteiger partial charge >= 0.3 is 6.03 Å². The van der Waals surface area contributed by atoms with Gasteiger partial charge in [-0.15, -0.1) is 0 Å².